The first kappa shape index (κ1) is 16.2. The maximum Gasteiger partial charge on any atom is 0.328 e. The van der Waals surface area contributed by atoms with Crippen LogP contribution in [0.5, 0.6) is 5.75 Å². The minimum Gasteiger partial charge on any atom is -0.490 e. The van der Waals surface area contributed by atoms with E-state index in [0.29, 0.717) is 21.9 Å². The van der Waals surface area contributed by atoms with Crippen LogP contribution in [0.25, 0.3) is 0 Å². The number of carboxylic acids is 1. The van der Waals surface area contributed by atoms with Crippen molar-refractivity contribution in [3.8, 4) is 5.75 Å². The first-order valence-electron chi connectivity index (χ1n) is 6.15. The van der Waals surface area contributed by atoms with Gasteiger partial charge in [0.25, 0.3) is 0 Å². The van der Waals surface area contributed by atoms with Gasteiger partial charge in [-0.2, -0.15) is 0 Å². The molecule has 0 aliphatic heterocycles. The molecule has 108 valence electrons. The van der Waals surface area contributed by atoms with E-state index in [1.807, 2.05) is 20.8 Å². The number of rotatable bonds is 5. The molecule has 0 amide bonds. The summed E-state index contributed by atoms with van der Waals surface area (Å²) in [5.74, 6) is -1.21. The molecule has 0 bridgehead atoms. The van der Waals surface area contributed by atoms with Gasteiger partial charge in [-0.1, -0.05) is 11.6 Å². The zero-order valence-corrected chi connectivity index (χ0v) is 12.6. The zero-order chi connectivity index (χ0) is 15.4. The van der Waals surface area contributed by atoms with Gasteiger partial charge < -0.3 is 9.84 Å². The lowest BCUT2D eigenvalue weighted by Crippen LogP contribution is -2.11. The number of aliphatic carboxylic acids is 1. The molecule has 20 heavy (non-hydrogen) atoms. The number of aryl methyl sites for hydroxylation is 1. The molecule has 1 aromatic rings. The molecule has 5 heteroatoms. The van der Waals surface area contributed by atoms with Crippen molar-refractivity contribution in [1.82, 2.24) is 0 Å². The number of ether oxygens (including phenoxy) is 1. The molecular weight excluding hydrogens is 280 g/mol. The maximum atomic E-state index is 12.1. The monoisotopic (exact) mass is 296 g/mol. The molecule has 0 atom stereocenters. The molecular formula is C15H17ClO4. The van der Waals surface area contributed by atoms with Crippen LogP contribution in [0.15, 0.2) is 18.2 Å². The number of carbonyl (C=O) groups is 2. The van der Waals surface area contributed by atoms with Gasteiger partial charge in [0.2, 0.25) is 0 Å². The summed E-state index contributed by atoms with van der Waals surface area (Å²) in [5.41, 5.74) is 1.69. The number of carbonyl (C=O) groups excluding carboxylic acids is 1. The summed E-state index contributed by atoms with van der Waals surface area (Å²) in [5, 5.41) is 9.08. The van der Waals surface area contributed by atoms with E-state index >= 15 is 0 Å². The van der Waals surface area contributed by atoms with Crippen LogP contribution < -0.4 is 4.74 Å². The average Bonchev–Trinajstić information content (AvgIpc) is 2.32. The van der Waals surface area contributed by atoms with Crippen LogP contribution in [-0.4, -0.2) is 23.0 Å². The van der Waals surface area contributed by atoms with Crippen molar-refractivity contribution < 1.29 is 19.4 Å². The quantitative estimate of drug-likeness (QED) is 0.666. The highest BCUT2D eigenvalue weighted by atomic mass is 35.5. The standard InChI is InChI=1S/C15H17ClO4/c1-8(2)20-12-7-9(3)15(16)10(4)14(12)11(17)5-6-13(18)19/h5-8H,1-4H3,(H,18,19)/b6-5+. The van der Waals surface area contributed by atoms with Crippen molar-refractivity contribution in [2.75, 3.05) is 0 Å². The van der Waals surface area contributed by atoms with E-state index in [-0.39, 0.29) is 6.10 Å². The normalized spacial score (nSPS) is 11.1. The van der Waals surface area contributed by atoms with Crippen molar-refractivity contribution in [1.29, 1.82) is 0 Å². The highest BCUT2D eigenvalue weighted by Gasteiger charge is 2.19. The van der Waals surface area contributed by atoms with Crippen LogP contribution in [0.1, 0.15) is 35.3 Å². The highest BCUT2D eigenvalue weighted by Crippen LogP contribution is 2.32. The lowest BCUT2D eigenvalue weighted by molar-refractivity contribution is -0.131. The van der Waals surface area contributed by atoms with Crippen molar-refractivity contribution in [3.05, 3.63) is 39.9 Å². The van der Waals surface area contributed by atoms with E-state index in [2.05, 4.69) is 0 Å². The van der Waals surface area contributed by atoms with Gasteiger partial charge in [0, 0.05) is 11.1 Å². The third-order valence-electron chi connectivity index (χ3n) is 2.63. The van der Waals surface area contributed by atoms with Crippen molar-refractivity contribution >= 4 is 23.4 Å². The predicted octanol–water partition coefficient (Wildman–Crippen LogP) is 3.57. The Balaban J connectivity index is 3.38. The Morgan fingerprint density at radius 3 is 2.40 bits per heavy atom. The van der Waals surface area contributed by atoms with Crippen molar-refractivity contribution in [2.45, 2.75) is 33.8 Å². The molecule has 0 saturated heterocycles. The Labute approximate surface area is 123 Å². The van der Waals surface area contributed by atoms with Gasteiger partial charge >= 0.3 is 5.97 Å². The lowest BCUT2D eigenvalue weighted by atomic mass is 10.00. The van der Waals surface area contributed by atoms with Crippen molar-refractivity contribution in [3.63, 3.8) is 0 Å². The molecule has 1 aromatic carbocycles. The van der Waals surface area contributed by atoms with E-state index in [9.17, 15) is 9.59 Å². The summed E-state index contributed by atoms with van der Waals surface area (Å²) < 4.78 is 5.63. The molecule has 0 aromatic heterocycles. The molecule has 0 aliphatic carbocycles. The average molecular weight is 297 g/mol. The van der Waals surface area contributed by atoms with E-state index in [0.717, 1.165) is 17.7 Å². The Morgan fingerprint density at radius 1 is 1.30 bits per heavy atom. The van der Waals surface area contributed by atoms with Gasteiger partial charge in [-0.3, -0.25) is 4.79 Å². The smallest absolute Gasteiger partial charge is 0.328 e. The second kappa shape index (κ2) is 6.57. The fraction of sp³-hybridized carbons (Fsp3) is 0.333. The van der Waals surface area contributed by atoms with Crippen molar-refractivity contribution in [2.24, 2.45) is 0 Å². The largest absolute Gasteiger partial charge is 0.490 e. The van der Waals surface area contributed by atoms with Crippen LogP contribution in [0.4, 0.5) is 0 Å². The topological polar surface area (TPSA) is 63.6 Å². The lowest BCUT2D eigenvalue weighted by Gasteiger charge is -2.17. The predicted molar refractivity (Wildman–Crippen MR) is 77.8 cm³/mol. The third-order valence-corrected chi connectivity index (χ3v) is 3.21. The first-order chi connectivity index (χ1) is 9.23. The van der Waals surface area contributed by atoms with Crippen LogP contribution in [0.3, 0.4) is 0 Å². The molecule has 0 saturated carbocycles. The van der Waals surface area contributed by atoms with Gasteiger partial charge in [-0.05, 0) is 51.0 Å². The molecule has 1 N–H and O–H groups in total. The number of halogens is 1. The molecule has 0 radical (unpaired) electrons. The number of hydrogen-bond donors (Lipinski definition) is 1. The Kier molecular flexibility index (Phi) is 5.34. The second-order valence-electron chi connectivity index (χ2n) is 4.71. The zero-order valence-electron chi connectivity index (χ0n) is 11.9. The Morgan fingerprint density at radius 2 is 1.90 bits per heavy atom. The number of carboxylic acid groups (broad SMARTS) is 1. The van der Waals surface area contributed by atoms with E-state index in [1.165, 1.54) is 0 Å². The summed E-state index contributed by atoms with van der Waals surface area (Å²) in [6.07, 6.45) is 1.70. The summed E-state index contributed by atoms with van der Waals surface area (Å²) >= 11 is 6.15. The Hall–Kier alpha value is -1.81. The summed E-state index contributed by atoms with van der Waals surface area (Å²) in [7, 11) is 0. The highest BCUT2D eigenvalue weighted by molar-refractivity contribution is 6.33. The van der Waals surface area contributed by atoms with Crippen LogP contribution >= 0.6 is 11.6 Å². The summed E-state index contributed by atoms with van der Waals surface area (Å²) in [6.45, 7) is 7.23. The molecule has 4 nitrogen and oxygen atoms in total. The summed E-state index contributed by atoms with van der Waals surface area (Å²) in [6, 6.07) is 1.69. The fourth-order valence-corrected chi connectivity index (χ4v) is 1.95. The fourth-order valence-electron chi connectivity index (χ4n) is 1.81. The van der Waals surface area contributed by atoms with Gasteiger partial charge in [0.15, 0.2) is 5.78 Å². The molecule has 0 aliphatic rings. The molecule has 0 fully saturated rings. The van der Waals surface area contributed by atoms with Gasteiger partial charge in [-0.15, -0.1) is 0 Å². The minimum absolute atomic E-state index is 0.107. The van der Waals surface area contributed by atoms with E-state index < -0.39 is 11.8 Å². The second-order valence-corrected chi connectivity index (χ2v) is 5.09. The minimum atomic E-state index is -1.18. The van der Waals surface area contributed by atoms with E-state index in [1.54, 1.807) is 13.0 Å². The van der Waals surface area contributed by atoms with Crippen LogP contribution in [0.2, 0.25) is 5.02 Å². The molecule has 0 unspecified atom stereocenters. The molecule has 1 rings (SSSR count). The number of hydrogen-bond acceptors (Lipinski definition) is 3. The SMILES string of the molecule is Cc1cc(OC(C)C)c(C(=O)/C=C/C(=O)O)c(C)c1Cl. The summed E-state index contributed by atoms with van der Waals surface area (Å²) in [4.78, 5) is 22.7. The molecule has 0 spiro atoms. The molecule has 0 heterocycles. The maximum absolute atomic E-state index is 12.1. The number of benzene rings is 1. The van der Waals surface area contributed by atoms with Gasteiger partial charge in [0.1, 0.15) is 5.75 Å². The van der Waals surface area contributed by atoms with Crippen LogP contribution in [-0.2, 0) is 4.79 Å². The number of allylic oxidation sites excluding steroid dienone is 1. The van der Waals surface area contributed by atoms with Gasteiger partial charge in [0.05, 0.1) is 11.7 Å². The first-order valence-corrected chi connectivity index (χ1v) is 6.53. The number of ketones is 1. The third kappa shape index (κ3) is 3.84. The Bertz CT molecular complexity index is 574. The van der Waals surface area contributed by atoms with Gasteiger partial charge in [-0.25, -0.2) is 4.79 Å². The van der Waals surface area contributed by atoms with E-state index in [4.69, 9.17) is 21.4 Å². The van der Waals surface area contributed by atoms with Crippen LogP contribution in [0, 0.1) is 13.8 Å².